The van der Waals surface area contributed by atoms with Crippen LogP contribution in [0.5, 0.6) is 0 Å². The van der Waals surface area contributed by atoms with Gasteiger partial charge in [-0.05, 0) is 43.5 Å². The van der Waals surface area contributed by atoms with Crippen LogP contribution in [0.15, 0.2) is 24.3 Å². The van der Waals surface area contributed by atoms with Crippen molar-refractivity contribution in [1.29, 1.82) is 0 Å². The largest absolute Gasteiger partial charge is 0.385 e. The molecule has 0 fully saturated rings. The molecule has 4 N–H and O–H groups in total. The van der Waals surface area contributed by atoms with E-state index in [0.717, 1.165) is 25.1 Å². The number of nitrogens with one attached hydrogen (secondary N) is 1. The number of Topliss-reactive ketones (excluding diaryl/α,β-unsaturated/α-hetero) is 1. The second-order valence-corrected chi connectivity index (χ2v) is 5.56. The summed E-state index contributed by atoms with van der Waals surface area (Å²) in [5.41, 5.74) is 6.74. The first-order valence-electron chi connectivity index (χ1n) is 7.83. The molecule has 1 rings (SSSR count). The van der Waals surface area contributed by atoms with Crippen molar-refractivity contribution in [3.63, 3.8) is 0 Å². The summed E-state index contributed by atoms with van der Waals surface area (Å²) in [4.78, 5) is 12.3. The van der Waals surface area contributed by atoms with E-state index in [1.807, 2.05) is 26.0 Å². The standard InChI is InChI=1S/C17H28N2O2/c1-4-7-12-19-14-10-8-13(9-11-14)15(20)16(21)17(18,5-2)6-3/h8-11,16,19,21H,4-7,12,18H2,1-3H3. The van der Waals surface area contributed by atoms with Gasteiger partial charge < -0.3 is 16.2 Å². The Hall–Kier alpha value is -1.39. The molecular weight excluding hydrogens is 264 g/mol. The van der Waals surface area contributed by atoms with Crippen LogP contribution < -0.4 is 11.1 Å². The molecule has 0 aromatic heterocycles. The smallest absolute Gasteiger partial charge is 0.193 e. The highest BCUT2D eigenvalue weighted by Gasteiger charge is 2.35. The second-order valence-electron chi connectivity index (χ2n) is 5.56. The van der Waals surface area contributed by atoms with Crippen molar-refractivity contribution in [1.82, 2.24) is 0 Å². The minimum absolute atomic E-state index is 0.304. The number of carbonyl (C=O) groups excluding carboxylic acids is 1. The molecule has 4 nitrogen and oxygen atoms in total. The van der Waals surface area contributed by atoms with E-state index in [4.69, 9.17) is 5.73 Å². The predicted octanol–water partition coefficient (Wildman–Crippen LogP) is 2.96. The summed E-state index contributed by atoms with van der Waals surface area (Å²) in [7, 11) is 0. The van der Waals surface area contributed by atoms with Crippen LogP contribution in [0.25, 0.3) is 0 Å². The quantitative estimate of drug-likeness (QED) is 0.483. The van der Waals surface area contributed by atoms with Crippen molar-refractivity contribution in [2.45, 2.75) is 58.1 Å². The first kappa shape index (κ1) is 17.7. The monoisotopic (exact) mass is 292 g/mol. The Morgan fingerprint density at radius 2 is 1.81 bits per heavy atom. The molecule has 0 amide bonds. The predicted molar refractivity (Wildman–Crippen MR) is 87.7 cm³/mol. The molecule has 0 saturated carbocycles. The molecule has 118 valence electrons. The summed E-state index contributed by atoms with van der Waals surface area (Å²) in [6, 6.07) is 7.22. The number of unbranched alkanes of at least 4 members (excludes halogenated alkanes) is 1. The molecule has 0 saturated heterocycles. The lowest BCUT2D eigenvalue weighted by atomic mass is 9.83. The minimum atomic E-state index is -1.16. The summed E-state index contributed by atoms with van der Waals surface area (Å²) in [6.45, 7) is 6.84. The molecule has 0 radical (unpaired) electrons. The van der Waals surface area contributed by atoms with Gasteiger partial charge in [0.05, 0.1) is 0 Å². The third-order valence-electron chi connectivity index (χ3n) is 4.14. The van der Waals surface area contributed by atoms with E-state index in [1.165, 1.54) is 0 Å². The van der Waals surface area contributed by atoms with Crippen molar-refractivity contribution in [3.05, 3.63) is 29.8 Å². The molecule has 1 aromatic rings. The van der Waals surface area contributed by atoms with E-state index in [-0.39, 0.29) is 5.78 Å². The highest BCUT2D eigenvalue weighted by atomic mass is 16.3. The van der Waals surface area contributed by atoms with Crippen LogP contribution in [-0.2, 0) is 0 Å². The van der Waals surface area contributed by atoms with Gasteiger partial charge in [0, 0.05) is 23.3 Å². The van der Waals surface area contributed by atoms with Gasteiger partial charge in [0.2, 0.25) is 0 Å². The fraction of sp³-hybridized carbons (Fsp3) is 0.588. The number of hydrogen-bond donors (Lipinski definition) is 3. The van der Waals surface area contributed by atoms with Gasteiger partial charge in [-0.2, -0.15) is 0 Å². The molecule has 0 aliphatic heterocycles. The molecule has 4 heteroatoms. The van der Waals surface area contributed by atoms with Crippen molar-refractivity contribution in [2.75, 3.05) is 11.9 Å². The SMILES string of the molecule is CCCCNc1ccc(C(=O)C(O)C(N)(CC)CC)cc1. The number of carbonyl (C=O) groups is 1. The lowest BCUT2D eigenvalue weighted by Gasteiger charge is -2.31. The zero-order valence-electron chi connectivity index (χ0n) is 13.4. The number of nitrogens with two attached hydrogens (primary N) is 1. The lowest BCUT2D eigenvalue weighted by Crippen LogP contribution is -2.53. The summed E-state index contributed by atoms with van der Waals surface area (Å²) in [5, 5.41) is 13.5. The Morgan fingerprint density at radius 3 is 2.29 bits per heavy atom. The summed E-state index contributed by atoms with van der Waals surface area (Å²) in [5.74, 6) is -0.304. The van der Waals surface area contributed by atoms with Crippen molar-refractivity contribution in [2.24, 2.45) is 5.73 Å². The maximum Gasteiger partial charge on any atom is 0.193 e. The first-order valence-corrected chi connectivity index (χ1v) is 7.83. The Labute approximate surface area is 127 Å². The fourth-order valence-corrected chi connectivity index (χ4v) is 2.22. The molecular formula is C17H28N2O2. The van der Waals surface area contributed by atoms with Crippen LogP contribution in [0.4, 0.5) is 5.69 Å². The number of hydrogen-bond acceptors (Lipinski definition) is 4. The number of benzene rings is 1. The Kier molecular flexibility index (Phi) is 6.85. The molecule has 0 bridgehead atoms. The zero-order valence-corrected chi connectivity index (χ0v) is 13.4. The van der Waals surface area contributed by atoms with Gasteiger partial charge in [-0.25, -0.2) is 0 Å². The molecule has 0 heterocycles. The van der Waals surface area contributed by atoms with Crippen molar-refractivity contribution < 1.29 is 9.90 Å². The highest BCUT2D eigenvalue weighted by Crippen LogP contribution is 2.21. The molecule has 0 spiro atoms. The molecule has 1 atom stereocenters. The average molecular weight is 292 g/mol. The summed E-state index contributed by atoms with van der Waals surface area (Å²) < 4.78 is 0. The highest BCUT2D eigenvalue weighted by molar-refractivity contribution is 6.00. The average Bonchev–Trinajstić information content (AvgIpc) is 2.53. The maximum atomic E-state index is 12.3. The van der Waals surface area contributed by atoms with E-state index < -0.39 is 11.6 Å². The lowest BCUT2D eigenvalue weighted by molar-refractivity contribution is 0.0508. The third-order valence-corrected chi connectivity index (χ3v) is 4.14. The Morgan fingerprint density at radius 1 is 1.24 bits per heavy atom. The van der Waals surface area contributed by atoms with Gasteiger partial charge >= 0.3 is 0 Å². The number of aliphatic hydroxyl groups excluding tert-OH is 1. The minimum Gasteiger partial charge on any atom is -0.385 e. The van der Waals surface area contributed by atoms with E-state index >= 15 is 0 Å². The topological polar surface area (TPSA) is 75.3 Å². The third kappa shape index (κ3) is 4.55. The maximum absolute atomic E-state index is 12.3. The Bertz CT molecular complexity index is 439. The van der Waals surface area contributed by atoms with Gasteiger partial charge in [-0.3, -0.25) is 4.79 Å². The van der Waals surface area contributed by atoms with Gasteiger partial charge in [0.1, 0.15) is 6.10 Å². The Balaban J connectivity index is 2.75. The van der Waals surface area contributed by atoms with Gasteiger partial charge in [0.15, 0.2) is 5.78 Å². The van der Waals surface area contributed by atoms with E-state index in [1.54, 1.807) is 12.1 Å². The molecule has 1 aromatic carbocycles. The van der Waals surface area contributed by atoms with E-state index in [2.05, 4.69) is 12.2 Å². The van der Waals surface area contributed by atoms with E-state index in [0.29, 0.717) is 18.4 Å². The summed E-state index contributed by atoms with van der Waals surface area (Å²) in [6.07, 6.45) is 2.22. The molecule has 21 heavy (non-hydrogen) atoms. The van der Waals surface area contributed by atoms with Crippen LogP contribution in [-0.4, -0.2) is 29.1 Å². The number of aliphatic hydroxyl groups is 1. The first-order chi connectivity index (χ1) is 9.98. The van der Waals surface area contributed by atoms with Crippen molar-refractivity contribution >= 4 is 11.5 Å². The van der Waals surface area contributed by atoms with Crippen LogP contribution in [0.3, 0.4) is 0 Å². The summed E-state index contributed by atoms with van der Waals surface area (Å²) >= 11 is 0. The molecule has 0 aliphatic carbocycles. The van der Waals surface area contributed by atoms with E-state index in [9.17, 15) is 9.90 Å². The normalized spacial score (nSPS) is 13.0. The number of ketones is 1. The molecule has 1 unspecified atom stereocenters. The van der Waals surface area contributed by atoms with Crippen LogP contribution in [0, 0.1) is 0 Å². The van der Waals surface area contributed by atoms with Crippen LogP contribution >= 0.6 is 0 Å². The van der Waals surface area contributed by atoms with Gasteiger partial charge in [-0.15, -0.1) is 0 Å². The van der Waals surface area contributed by atoms with Crippen molar-refractivity contribution in [3.8, 4) is 0 Å². The van der Waals surface area contributed by atoms with Gasteiger partial charge in [0.25, 0.3) is 0 Å². The second kappa shape index (κ2) is 8.15. The molecule has 0 aliphatic rings. The number of rotatable bonds is 9. The fourth-order valence-electron chi connectivity index (χ4n) is 2.22. The number of anilines is 1. The van der Waals surface area contributed by atoms with Crippen LogP contribution in [0.2, 0.25) is 0 Å². The van der Waals surface area contributed by atoms with Gasteiger partial charge in [-0.1, -0.05) is 27.2 Å². The van der Waals surface area contributed by atoms with Crippen LogP contribution in [0.1, 0.15) is 56.8 Å². The zero-order chi connectivity index (χ0) is 15.9.